The lowest BCUT2D eigenvalue weighted by Gasteiger charge is -2.45. The summed E-state index contributed by atoms with van der Waals surface area (Å²) in [6.45, 7) is 3.74. The van der Waals surface area contributed by atoms with Crippen molar-refractivity contribution in [1.29, 1.82) is 0 Å². The monoisotopic (exact) mass is 153 g/mol. The molecule has 0 bridgehead atoms. The molecule has 0 radical (unpaired) electrons. The largest absolute Gasteiger partial charge is 0.313 e. The Kier molecular flexibility index (Phi) is 1.92. The molecule has 2 rings (SSSR count). The van der Waals surface area contributed by atoms with E-state index in [1.54, 1.807) is 0 Å². The van der Waals surface area contributed by atoms with Gasteiger partial charge in [-0.3, -0.25) is 0 Å². The summed E-state index contributed by atoms with van der Waals surface area (Å²) in [5.41, 5.74) is 0.663. The molecule has 1 heterocycles. The summed E-state index contributed by atoms with van der Waals surface area (Å²) in [6.07, 6.45) is 8.67. The second-order valence-electron chi connectivity index (χ2n) is 4.51. The Labute approximate surface area is 69.6 Å². The van der Waals surface area contributed by atoms with Crippen molar-refractivity contribution in [3.63, 3.8) is 0 Å². The van der Waals surface area contributed by atoms with E-state index in [0.717, 1.165) is 6.04 Å². The molecule has 1 nitrogen and oxygen atoms in total. The van der Waals surface area contributed by atoms with E-state index in [4.69, 9.17) is 0 Å². The van der Waals surface area contributed by atoms with Gasteiger partial charge in [-0.05, 0) is 37.6 Å². The summed E-state index contributed by atoms with van der Waals surface area (Å²) < 4.78 is 0. The van der Waals surface area contributed by atoms with Crippen LogP contribution in [0.15, 0.2) is 0 Å². The molecule has 1 aliphatic carbocycles. The van der Waals surface area contributed by atoms with E-state index in [9.17, 15) is 0 Å². The fourth-order valence-electron chi connectivity index (χ4n) is 2.82. The molecule has 1 saturated carbocycles. The predicted molar refractivity (Wildman–Crippen MR) is 47.6 cm³/mol. The average molecular weight is 153 g/mol. The van der Waals surface area contributed by atoms with Gasteiger partial charge in [-0.1, -0.05) is 19.8 Å². The van der Waals surface area contributed by atoms with Crippen molar-refractivity contribution in [2.45, 2.75) is 51.5 Å². The quantitative estimate of drug-likeness (QED) is 0.563. The first-order valence-electron chi connectivity index (χ1n) is 5.05. The Morgan fingerprint density at radius 2 is 2.00 bits per heavy atom. The van der Waals surface area contributed by atoms with E-state index in [0.29, 0.717) is 5.41 Å². The van der Waals surface area contributed by atoms with E-state index >= 15 is 0 Å². The van der Waals surface area contributed by atoms with Crippen LogP contribution in [-0.2, 0) is 0 Å². The first kappa shape index (κ1) is 7.60. The summed E-state index contributed by atoms with van der Waals surface area (Å²) in [4.78, 5) is 0. The zero-order chi connectivity index (χ0) is 7.73. The van der Waals surface area contributed by atoms with Crippen molar-refractivity contribution >= 4 is 0 Å². The maximum Gasteiger partial charge on any atom is 0.0121 e. The number of piperidine rings is 1. The molecule has 0 aromatic heterocycles. The molecule has 1 heteroatoms. The van der Waals surface area contributed by atoms with Crippen LogP contribution in [0, 0.1) is 5.41 Å². The van der Waals surface area contributed by atoms with Crippen LogP contribution in [0.5, 0.6) is 0 Å². The van der Waals surface area contributed by atoms with Crippen molar-refractivity contribution < 1.29 is 0 Å². The van der Waals surface area contributed by atoms with E-state index in [1.165, 1.54) is 45.1 Å². The third-order valence-electron chi connectivity index (χ3n) is 3.65. The first-order chi connectivity index (χ1) is 5.31. The van der Waals surface area contributed by atoms with E-state index in [2.05, 4.69) is 12.2 Å². The summed E-state index contributed by atoms with van der Waals surface area (Å²) in [7, 11) is 0. The van der Waals surface area contributed by atoms with Crippen LogP contribution in [0.1, 0.15) is 45.4 Å². The molecule has 1 aliphatic heterocycles. The molecule has 64 valence electrons. The highest BCUT2D eigenvalue weighted by Crippen LogP contribution is 2.41. The van der Waals surface area contributed by atoms with Gasteiger partial charge in [-0.25, -0.2) is 0 Å². The van der Waals surface area contributed by atoms with Gasteiger partial charge in [0.2, 0.25) is 0 Å². The SMILES string of the molecule is C[C@@]12CCCC[C@H]1NCCC2. The maximum atomic E-state index is 3.66. The zero-order valence-electron chi connectivity index (χ0n) is 7.53. The normalized spacial score (nSPS) is 45.0. The topological polar surface area (TPSA) is 12.0 Å². The lowest BCUT2D eigenvalue weighted by atomic mass is 9.67. The number of rotatable bonds is 0. The molecular weight excluding hydrogens is 134 g/mol. The standard InChI is InChI=1S/C10H19N/c1-10-6-3-2-5-9(10)11-8-4-7-10/h9,11H,2-8H2,1H3/t9-,10+/m1/s1. The van der Waals surface area contributed by atoms with Crippen molar-refractivity contribution in [2.75, 3.05) is 6.54 Å². The van der Waals surface area contributed by atoms with Crippen LogP contribution in [0.2, 0.25) is 0 Å². The Morgan fingerprint density at radius 3 is 2.82 bits per heavy atom. The summed E-state index contributed by atoms with van der Waals surface area (Å²) >= 11 is 0. The smallest absolute Gasteiger partial charge is 0.0121 e. The van der Waals surface area contributed by atoms with E-state index in [1.807, 2.05) is 0 Å². The maximum absolute atomic E-state index is 3.66. The van der Waals surface area contributed by atoms with Gasteiger partial charge in [-0.15, -0.1) is 0 Å². The van der Waals surface area contributed by atoms with Gasteiger partial charge in [0.25, 0.3) is 0 Å². The number of hydrogen-bond donors (Lipinski definition) is 1. The van der Waals surface area contributed by atoms with E-state index in [-0.39, 0.29) is 0 Å². The van der Waals surface area contributed by atoms with Crippen LogP contribution in [0.25, 0.3) is 0 Å². The Morgan fingerprint density at radius 1 is 1.18 bits per heavy atom. The van der Waals surface area contributed by atoms with Gasteiger partial charge in [0, 0.05) is 6.04 Å². The van der Waals surface area contributed by atoms with Crippen molar-refractivity contribution in [3.05, 3.63) is 0 Å². The van der Waals surface area contributed by atoms with E-state index < -0.39 is 0 Å². The van der Waals surface area contributed by atoms with Crippen molar-refractivity contribution in [1.82, 2.24) is 5.32 Å². The van der Waals surface area contributed by atoms with Crippen molar-refractivity contribution in [2.24, 2.45) is 5.41 Å². The van der Waals surface area contributed by atoms with Crippen LogP contribution in [0.3, 0.4) is 0 Å². The van der Waals surface area contributed by atoms with Crippen LogP contribution < -0.4 is 5.32 Å². The van der Waals surface area contributed by atoms with Gasteiger partial charge in [0.15, 0.2) is 0 Å². The van der Waals surface area contributed by atoms with Gasteiger partial charge >= 0.3 is 0 Å². The van der Waals surface area contributed by atoms with Crippen LogP contribution >= 0.6 is 0 Å². The zero-order valence-corrected chi connectivity index (χ0v) is 7.53. The molecule has 0 aromatic carbocycles. The fourth-order valence-corrected chi connectivity index (χ4v) is 2.82. The molecule has 0 aromatic rings. The first-order valence-corrected chi connectivity index (χ1v) is 5.05. The number of nitrogens with one attached hydrogen (secondary N) is 1. The molecule has 2 fully saturated rings. The Bertz CT molecular complexity index is 130. The second kappa shape index (κ2) is 2.78. The van der Waals surface area contributed by atoms with Gasteiger partial charge in [-0.2, -0.15) is 0 Å². The molecule has 2 atom stereocenters. The number of fused-ring (bicyclic) bond motifs is 1. The Balaban J connectivity index is 2.06. The number of hydrogen-bond acceptors (Lipinski definition) is 1. The van der Waals surface area contributed by atoms with Gasteiger partial charge < -0.3 is 5.32 Å². The van der Waals surface area contributed by atoms with Gasteiger partial charge in [0.05, 0.1) is 0 Å². The van der Waals surface area contributed by atoms with Crippen LogP contribution in [0.4, 0.5) is 0 Å². The third kappa shape index (κ3) is 1.31. The molecule has 11 heavy (non-hydrogen) atoms. The minimum atomic E-state index is 0.663. The highest BCUT2D eigenvalue weighted by molar-refractivity contribution is 4.93. The minimum absolute atomic E-state index is 0.663. The third-order valence-corrected chi connectivity index (χ3v) is 3.65. The minimum Gasteiger partial charge on any atom is -0.313 e. The summed E-state index contributed by atoms with van der Waals surface area (Å²) in [5, 5.41) is 3.66. The fraction of sp³-hybridized carbons (Fsp3) is 1.00. The average Bonchev–Trinajstić information content (AvgIpc) is 2.03. The van der Waals surface area contributed by atoms with Crippen molar-refractivity contribution in [3.8, 4) is 0 Å². The summed E-state index contributed by atoms with van der Waals surface area (Å²) in [5.74, 6) is 0. The predicted octanol–water partition coefficient (Wildman–Crippen LogP) is 2.32. The highest BCUT2D eigenvalue weighted by atomic mass is 14.9. The van der Waals surface area contributed by atoms with Crippen LogP contribution in [-0.4, -0.2) is 12.6 Å². The molecule has 0 unspecified atom stereocenters. The lowest BCUT2D eigenvalue weighted by molar-refractivity contribution is 0.103. The molecule has 0 amide bonds. The molecule has 2 aliphatic rings. The lowest BCUT2D eigenvalue weighted by Crippen LogP contribution is -2.49. The molecule has 1 saturated heterocycles. The van der Waals surface area contributed by atoms with Gasteiger partial charge in [0.1, 0.15) is 0 Å². The molecular formula is C10H19N. The summed E-state index contributed by atoms with van der Waals surface area (Å²) in [6, 6.07) is 0.852. The molecule has 0 spiro atoms. The second-order valence-corrected chi connectivity index (χ2v) is 4.51. The Hall–Kier alpha value is -0.0400. The highest BCUT2D eigenvalue weighted by Gasteiger charge is 2.37. The molecule has 1 N–H and O–H groups in total.